The Morgan fingerprint density at radius 2 is 2.14 bits per heavy atom. The summed E-state index contributed by atoms with van der Waals surface area (Å²) in [5, 5.41) is 3.82. The molecule has 3 nitrogen and oxygen atoms in total. The number of hydrogen-bond donors (Lipinski definition) is 1. The molecule has 0 aromatic heterocycles. The second-order valence-corrected chi connectivity index (χ2v) is 6.78. The van der Waals surface area contributed by atoms with Crippen molar-refractivity contribution in [1.29, 1.82) is 0 Å². The zero-order valence-electron chi connectivity index (χ0n) is 13.6. The number of nitrogens with one attached hydrogen (secondary N) is 1. The fourth-order valence-corrected chi connectivity index (χ4v) is 3.60. The molecule has 0 amide bonds. The predicted molar refractivity (Wildman–Crippen MR) is 86.9 cm³/mol. The van der Waals surface area contributed by atoms with E-state index in [1.807, 2.05) is 0 Å². The molecule has 116 valence electrons. The van der Waals surface area contributed by atoms with Crippen molar-refractivity contribution in [2.24, 2.45) is 0 Å². The molecular weight excluding hydrogens is 260 g/mol. The van der Waals surface area contributed by atoms with Gasteiger partial charge in [-0.25, -0.2) is 0 Å². The molecular formula is C18H28N2O. The van der Waals surface area contributed by atoms with Crippen LogP contribution in [0.25, 0.3) is 0 Å². The van der Waals surface area contributed by atoms with Gasteiger partial charge in [0.15, 0.2) is 0 Å². The van der Waals surface area contributed by atoms with Crippen LogP contribution in [-0.2, 0) is 6.42 Å². The maximum absolute atomic E-state index is 5.61. The largest absolute Gasteiger partial charge is 0.493 e. The Labute approximate surface area is 128 Å². The first kappa shape index (κ1) is 14.9. The van der Waals surface area contributed by atoms with Gasteiger partial charge in [0.05, 0.1) is 6.61 Å². The van der Waals surface area contributed by atoms with Gasteiger partial charge in [0.1, 0.15) is 5.75 Å². The van der Waals surface area contributed by atoms with Crippen molar-refractivity contribution in [3.8, 4) is 5.75 Å². The monoisotopic (exact) mass is 288 g/mol. The van der Waals surface area contributed by atoms with Crippen LogP contribution in [-0.4, -0.2) is 37.7 Å². The lowest BCUT2D eigenvalue weighted by molar-refractivity contribution is 0.0569. The highest BCUT2D eigenvalue weighted by atomic mass is 16.5. The molecule has 1 aliphatic carbocycles. The summed E-state index contributed by atoms with van der Waals surface area (Å²) in [7, 11) is 4.43. The Morgan fingerprint density at radius 1 is 1.33 bits per heavy atom. The first-order valence-corrected chi connectivity index (χ1v) is 8.31. The SMILES string of the molecule is CCC(NCC1(N(C)C)CCC1)c1ccc2c(c1)CCO2. The van der Waals surface area contributed by atoms with E-state index >= 15 is 0 Å². The maximum Gasteiger partial charge on any atom is 0.122 e. The Morgan fingerprint density at radius 3 is 2.76 bits per heavy atom. The van der Waals surface area contributed by atoms with Crippen LogP contribution in [0.4, 0.5) is 0 Å². The van der Waals surface area contributed by atoms with Crippen LogP contribution in [0.15, 0.2) is 18.2 Å². The predicted octanol–water partition coefficient (Wildman–Crippen LogP) is 3.15. The molecule has 0 saturated heterocycles. The summed E-state index contributed by atoms with van der Waals surface area (Å²) in [5.41, 5.74) is 3.17. The summed E-state index contributed by atoms with van der Waals surface area (Å²) in [5.74, 6) is 1.08. The summed E-state index contributed by atoms with van der Waals surface area (Å²) >= 11 is 0. The van der Waals surface area contributed by atoms with Crippen molar-refractivity contribution in [2.75, 3.05) is 27.2 Å². The molecule has 0 spiro atoms. The number of fused-ring (bicyclic) bond motifs is 1. The van der Waals surface area contributed by atoms with Crippen LogP contribution in [0.3, 0.4) is 0 Å². The molecule has 3 heteroatoms. The normalized spacial score (nSPS) is 20.8. The van der Waals surface area contributed by atoms with Crippen LogP contribution < -0.4 is 10.1 Å². The average molecular weight is 288 g/mol. The summed E-state index contributed by atoms with van der Waals surface area (Å²) in [6, 6.07) is 7.17. The van der Waals surface area contributed by atoms with Gasteiger partial charge in [0, 0.05) is 24.5 Å². The Hall–Kier alpha value is -1.06. The van der Waals surface area contributed by atoms with Gasteiger partial charge in [-0.3, -0.25) is 0 Å². The van der Waals surface area contributed by atoms with Gasteiger partial charge in [-0.1, -0.05) is 19.1 Å². The highest BCUT2D eigenvalue weighted by molar-refractivity contribution is 5.40. The minimum atomic E-state index is 0.382. The van der Waals surface area contributed by atoms with E-state index in [9.17, 15) is 0 Å². The number of rotatable bonds is 6. The van der Waals surface area contributed by atoms with Crippen LogP contribution in [0.2, 0.25) is 0 Å². The minimum absolute atomic E-state index is 0.382. The molecule has 1 aliphatic heterocycles. The third-order valence-corrected chi connectivity index (χ3v) is 5.43. The van der Waals surface area contributed by atoms with Gasteiger partial charge in [0.2, 0.25) is 0 Å². The van der Waals surface area contributed by atoms with Gasteiger partial charge in [0.25, 0.3) is 0 Å². The Kier molecular flexibility index (Phi) is 4.23. The van der Waals surface area contributed by atoms with Gasteiger partial charge in [-0.05, 0) is 57.0 Å². The molecule has 1 N–H and O–H groups in total. The Bertz CT molecular complexity index is 494. The molecule has 3 rings (SSSR count). The summed E-state index contributed by atoms with van der Waals surface area (Å²) in [6.07, 6.45) is 6.19. The third kappa shape index (κ3) is 2.82. The van der Waals surface area contributed by atoms with E-state index < -0.39 is 0 Å². The van der Waals surface area contributed by atoms with Crippen LogP contribution >= 0.6 is 0 Å². The van der Waals surface area contributed by atoms with Crippen molar-refractivity contribution in [2.45, 2.75) is 50.6 Å². The van der Waals surface area contributed by atoms with Gasteiger partial charge in [-0.15, -0.1) is 0 Å². The van der Waals surface area contributed by atoms with Gasteiger partial charge >= 0.3 is 0 Å². The fourth-order valence-electron chi connectivity index (χ4n) is 3.60. The number of nitrogens with zero attached hydrogens (tertiary/aromatic N) is 1. The molecule has 1 aromatic rings. The molecule has 1 atom stereocenters. The van der Waals surface area contributed by atoms with E-state index in [4.69, 9.17) is 4.74 Å². The highest BCUT2D eigenvalue weighted by Gasteiger charge is 2.39. The van der Waals surface area contributed by atoms with E-state index in [-0.39, 0.29) is 0 Å². The molecule has 1 fully saturated rings. The second kappa shape index (κ2) is 5.98. The molecule has 1 unspecified atom stereocenters. The van der Waals surface area contributed by atoms with Crippen molar-refractivity contribution < 1.29 is 4.74 Å². The number of likely N-dealkylation sites (N-methyl/N-ethyl adjacent to an activating group) is 1. The summed E-state index contributed by atoms with van der Waals surface area (Å²) in [4.78, 5) is 2.41. The lowest BCUT2D eigenvalue weighted by Crippen LogP contribution is -2.56. The van der Waals surface area contributed by atoms with Crippen LogP contribution in [0.5, 0.6) is 5.75 Å². The van der Waals surface area contributed by atoms with E-state index in [2.05, 4.69) is 49.4 Å². The lowest BCUT2D eigenvalue weighted by Gasteiger charge is -2.48. The van der Waals surface area contributed by atoms with Crippen molar-refractivity contribution >= 4 is 0 Å². The quantitative estimate of drug-likeness (QED) is 0.870. The smallest absolute Gasteiger partial charge is 0.122 e. The van der Waals surface area contributed by atoms with Gasteiger partial charge < -0.3 is 15.0 Å². The number of ether oxygens (including phenoxy) is 1. The summed E-state index contributed by atoms with van der Waals surface area (Å²) < 4.78 is 5.61. The fraction of sp³-hybridized carbons (Fsp3) is 0.667. The maximum atomic E-state index is 5.61. The first-order valence-electron chi connectivity index (χ1n) is 8.31. The Balaban J connectivity index is 1.68. The summed E-state index contributed by atoms with van der Waals surface area (Å²) in [6.45, 7) is 4.20. The molecule has 1 saturated carbocycles. The second-order valence-electron chi connectivity index (χ2n) is 6.78. The number of benzene rings is 1. The molecule has 21 heavy (non-hydrogen) atoms. The van der Waals surface area contributed by atoms with Crippen LogP contribution in [0.1, 0.15) is 49.8 Å². The average Bonchev–Trinajstić information content (AvgIpc) is 2.88. The molecule has 0 bridgehead atoms. The first-order chi connectivity index (χ1) is 10.1. The lowest BCUT2D eigenvalue weighted by atomic mass is 9.75. The van der Waals surface area contributed by atoms with Crippen molar-refractivity contribution in [1.82, 2.24) is 10.2 Å². The standard InChI is InChI=1S/C18H28N2O/c1-4-16(19-13-18(20(2)3)9-5-10-18)14-6-7-17-15(12-14)8-11-21-17/h6-7,12,16,19H,4-5,8-11,13H2,1-3H3. The minimum Gasteiger partial charge on any atom is -0.493 e. The van der Waals surface area contributed by atoms with E-state index in [0.717, 1.165) is 31.7 Å². The zero-order valence-corrected chi connectivity index (χ0v) is 13.6. The van der Waals surface area contributed by atoms with Crippen molar-refractivity contribution in [3.63, 3.8) is 0 Å². The van der Waals surface area contributed by atoms with Gasteiger partial charge in [-0.2, -0.15) is 0 Å². The topological polar surface area (TPSA) is 24.5 Å². The zero-order chi connectivity index (χ0) is 14.9. The van der Waals surface area contributed by atoms with E-state index in [0.29, 0.717) is 11.6 Å². The van der Waals surface area contributed by atoms with Crippen molar-refractivity contribution in [3.05, 3.63) is 29.3 Å². The molecule has 2 aliphatic rings. The molecule has 1 aromatic carbocycles. The number of hydrogen-bond acceptors (Lipinski definition) is 3. The van der Waals surface area contributed by atoms with E-state index in [1.54, 1.807) is 0 Å². The van der Waals surface area contributed by atoms with Crippen LogP contribution in [0, 0.1) is 0 Å². The third-order valence-electron chi connectivity index (χ3n) is 5.43. The molecule has 1 heterocycles. The molecule has 0 radical (unpaired) electrons. The van der Waals surface area contributed by atoms with E-state index in [1.165, 1.54) is 30.4 Å². The highest BCUT2D eigenvalue weighted by Crippen LogP contribution is 2.36.